The van der Waals surface area contributed by atoms with E-state index in [0.717, 1.165) is 17.1 Å². The van der Waals surface area contributed by atoms with Crippen LogP contribution in [0.25, 0.3) is 0 Å². The van der Waals surface area contributed by atoms with Crippen LogP contribution in [0.1, 0.15) is 45.6 Å². The molecule has 134 valence electrons. The maximum atomic E-state index is 12.3. The van der Waals surface area contributed by atoms with E-state index in [-0.39, 0.29) is 35.5 Å². The first-order valence-electron chi connectivity index (χ1n) is 8.97. The molecule has 0 spiro atoms. The van der Waals surface area contributed by atoms with Gasteiger partial charge in [-0.25, -0.2) is 4.79 Å². The van der Waals surface area contributed by atoms with Crippen molar-refractivity contribution in [3.63, 3.8) is 0 Å². The summed E-state index contributed by atoms with van der Waals surface area (Å²) < 4.78 is 11.9. The van der Waals surface area contributed by atoms with Crippen LogP contribution in [0.15, 0.2) is 18.2 Å². The van der Waals surface area contributed by atoms with E-state index in [4.69, 9.17) is 9.47 Å². The summed E-state index contributed by atoms with van der Waals surface area (Å²) in [5.74, 6) is 1.64. The van der Waals surface area contributed by atoms with Gasteiger partial charge in [0.2, 0.25) is 0 Å². The molecule has 1 aromatic carbocycles. The molecule has 1 N–H and O–H groups in total. The van der Waals surface area contributed by atoms with Crippen LogP contribution < -0.4 is 14.8 Å². The molecular formula is C19H24N2O4. The number of urea groups is 1. The number of ether oxygens (including phenoxy) is 2. The second-order valence-corrected chi connectivity index (χ2v) is 7.79. The topological polar surface area (TPSA) is 67.9 Å². The van der Waals surface area contributed by atoms with Crippen molar-refractivity contribution in [2.45, 2.75) is 63.6 Å². The van der Waals surface area contributed by atoms with Crippen LogP contribution in [0.3, 0.4) is 0 Å². The molecule has 25 heavy (non-hydrogen) atoms. The van der Waals surface area contributed by atoms with Crippen LogP contribution in [0.2, 0.25) is 0 Å². The largest absolute Gasteiger partial charge is 0.492 e. The monoisotopic (exact) mass is 344 g/mol. The number of fused-ring (bicyclic) bond motifs is 1. The lowest BCUT2D eigenvalue weighted by molar-refractivity contribution is -0.131. The number of carbonyl (C=O) groups excluding carboxylic acids is 2. The van der Waals surface area contributed by atoms with Crippen LogP contribution in [0.5, 0.6) is 11.5 Å². The Kier molecular flexibility index (Phi) is 3.67. The van der Waals surface area contributed by atoms with Gasteiger partial charge in [-0.3, -0.25) is 9.69 Å². The summed E-state index contributed by atoms with van der Waals surface area (Å²) in [6, 6.07) is 5.19. The van der Waals surface area contributed by atoms with Crippen molar-refractivity contribution in [1.82, 2.24) is 10.2 Å². The quantitative estimate of drug-likeness (QED) is 0.853. The minimum absolute atomic E-state index is 0.0224. The van der Waals surface area contributed by atoms with E-state index in [0.29, 0.717) is 25.9 Å². The Morgan fingerprint density at radius 2 is 2.08 bits per heavy atom. The molecule has 1 aliphatic carbocycles. The highest BCUT2D eigenvalue weighted by Gasteiger charge is 2.47. The number of nitrogens with one attached hydrogen (secondary N) is 1. The lowest BCUT2D eigenvalue weighted by Gasteiger charge is -2.39. The van der Waals surface area contributed by atoms with Crippen LogP contribution >= 0.6 is 0 Å². The van der Waals surface area contributed by atoms with Gasteiger partial charge < -0.3 is 14.8 Å². The number of hydrogen-bond donors (Lipinski definition) is 1. The van der Waals surface area contributed by atoms with E-state index in [1.54, 1.807) is 0 Å². The third-order valence-corrected chi connectivity index (χ3v) is 5.44. The van der Waals surface area contributed by atoms with Crippen molar-refractivity contribution in [1.29, 1.82) is 0 Å². The summed E-state index contributed by atoms with van der Waals surface area (Å²) in [5.41, 5.74) is 1.04. The van der Waals surface area contributed by atoms with Gasteiger partial charge in [0, 0.05) is 29.9 Å². The Balaban J connectivity index is 1.43. The zero-order chi connectivity index (χ0) is 17.8. The van der Waals surface area contributed by atoms with E-state index in [1.807, 2.05) is 25.1 Å². The molecule has 0 bridgehead atoms. The molecule has 2 fully saturated rings. The summed E-state index contributed by atoms with van der Waals surface area (Å²) in [6.07, 6.45) is 2.01. The Morgan fingerprint density at radius 1 is 1.32 bits per heavy atom. The van der Waals surface area contributed by atoms with E-state index in [9.17, 15) is 9.59 Å². The zero-order valence-corrected chi connectivity index (χ0v) is 14.9. The molecule has 0 unspecified atom stereocenters. The summed E-state index contributed by atoms with van der Waals surface area (Å²) in [5, 5.41) is 2.74. The lowest BCUT2D eigenvalue weighted by Crippen LogP contribution is -2.52. The van der Waals surface area contributed by atoms with Crippen molar-refractivity contribution in [2.75, 3.05) is 6.61 Å². The van der Waals surface area contributed by atoms with Crippen molar-refractivity contribution < 1.29 is 19.1 Å². The van der Waals surface area contributed by atoms with Crippen LogP contribution in [-0.4, -0.2) is 41.6 Å². The molecule has 3 amide bonds. The van der Waals surface area contributed by atoms with Gasteiger partial charge >= 0.3 is 6.03 Å². The Bertz CT molecular complexity index is 724. The fourth-order valence-electron chi connectivity index (χ4n) is 3.92. The zero-order valence-electron chi connectivity index (χ0n) is 14.9. The maximum Gasteiger partial charge on any atom is 0.325 e. The number of rotatable bonds is 4. The van der Waals surface area contributed by atoms with Gasteiger partial charge in [0.05, 0.1) is 6.61 Å². The minimum atomic E-state index is -0.372. The standard InChI is InChI=1S/C19H24N2O4/c1-4-13-17(22)21(18(23)20-13)11-8-12(9-11)25-15-7-5-6-14-16(15)19(2,3)10-24-14/h5-7,11-13H,4,8-10H2,1-3H3,(H,20,23)/t11?,12?,13-/m0/s1. The van der Waals surface area contributed by atoms with Gasteiger partial charge in [0.1, 0.15) is 23.6 Å². The predicted molar refractivity (Wildman–Crippen MR) is 91.9 cm³/mol. The first-order chi connectivity index (χ1) is 11.9. The molecule has 1 saturated carbocycles. The predicted octanol–water partition coefficient (Wildman–Crippen LogP) is 2.60. The van der Waals surface area contributed by atoms with Crippen LogP contribution in [-0.2, 0) is 10.2 Å². The Labute approximate surface area is 147 Å². The molecule has 6 nitrogen and oxygen atoms in total. The molecule has 4 rings (SSSR count). The highest BCUT2D eigenvalue weighted by atomic mass is 16.5. The van der Waals surface area contributed by atoms with Gasteiger partial charge in [-0.05, 0) is 18.6 Å². The lowest BCUT2D eigenvalue weighted by atomic mass is 9.85. The van der Waals surface area contributed by atoms with Crippen LogP contribution in [0, 0.1) is 0 Å². The summed E-state index contributed by atoms with van der Waals surface area (Å²) in [7, 11) is 0. The third kappa shape index (κ3) is 2.55. The van der Waals surface area contributed by atoms with Gasteiger partial charge in [-0.1, -0.05) is 26.8 Å². The van der Waals surface area contributed by atoms with E-state index >= 15 is 0 Å². The van der Waals surface area contributed by atoms with E-state index < -0.39 is 0 Å². The normalized spacial score (nSPS) is 29.7. The molecule has 6 heteroatoms. The smallest absolute Gasteiger partial charge is 0.325 e. The number of imide groups is 1. The molecule has 1 aromatic rings. The third-order valence-electron chi connectivity index (χ3n) is 5.44. The van der Waals surface area contributed by atoms with Crippen LogP contribution in [0.4, 0.5) is 4.79 Å². The number of nitrogens with zero attached hydrogens (tertiary/aromatic N) is 1. The second-order valence-electron chi connectivity index (χ2n) is 7.79. The summed E-state index contributed by atoms with van der Waals surface area (Å²) in [4.78, 5) is 25.7. The van der Waals surface area contributed by atoms with Crippen molar-refractivity contribution in [2.24, 2.45) is 0 Å². The van der Waals surface area contributed by atoms with Gasteiger partial charge in [0.15, 0.2) is 0 Å². The highest BCUT2D eigenvalue weighted by Crippen LogP contribution is 2.45. The van der Waals surface area contributed by atoms with Crippen molar-refractivity contribution >= 4 is 11.9 Å². The van der Waals surface area contributed by atoms with Gasteiger partial charge in [-0.15, -0.1) is 0 Å². The molecule has 1 atom stereocenters. The first kappa shape index (κ1) is 16.2. The van der Waals surface area contributed by atoms with Gasteiger partial charge in [0.25, 0.3) is 5.91 Å². The van der Waals surface area contributed by atoms with E-state index in [1.165, 1.54) is 4.90 Å². The van der Waals surface area contributed by atoms with Crippen molar-refractivity contribution in [3.05, 3.63) is 23.8 Å². The van der Waals surface area contributed by atoms with Gasteiger partial charge in [-0.2, -0.15) is 0 Å². The number of amides is 3. The number of carbonyl (C=O) groups is 2. The van der Waals surface area contributed by atoms with Crippen molar-refractivity contribution in [3.8, 4) is 11.5 Å². The summed E-state index contributed by atoms with van der Waals surface area (Å²) >= 11 is 0. The molecule has 3 aliphatic rings. The second kappa shape index (κ2) is 5.64. The fourth-order valence-corrected chi connectivity index (χ4v) is 3.92. The number of hydrogen-bond acceptors (Lipinski definition) is 4. The molecular weight excluding hydrogens is 320 g/mol. The highest BCUT2D eigenvalue weighted by molar-refractivity contribution is 6.04. The molecule has 2 aliphatic heterocycles. The first-order valence-corrected chi connectivity index (χ1v) is 8.97. The average Bonchev–Trinajstić information content (AvgIpc) is 3.00. The Morgan fingerprint density at radius 3 is 2.76 bits per heavy atom. The minimum Gasteiger partial charge on any atom is -0.492 e. The molecule has 1 saturated heterocycles. The van der Waals surface area contributed by atoms with E-state index in [2.05, 4.69) is 19.2 Å². The number of benzene rings is 1. The SMILES string of the molecule is CC[C@@H]1NC(=O)N(C2CC(Oc3cccc4c3C(C)(C)CO4)C2)C1=O. The summed E-state index contributed by atoms with van der Waals surface area (Å²) in [6.45, 7) is 6.84. The maximum absolute atomic E-state index is 12.3. The molecule has 0 aromatic heterocycles. The average molecular weight is 344 g/mol. The molecule has 0 radical (unpaired) electrons. The fraction of sp³-hybridized carbons (Fsp3) is 0.579. The Hall–Kier alpha value is -2.24. The molecule has 2 heterocycles.